The number of halogens is 2. The number of rotatable bonds is 7. The van der Waals surface area contributed by atoms with Crippen LogP contribution in [0.4, 0.5) is 5.69 Å². The highest BCUT2D eigenvalue weighted by Crippen LogP contribution is 2.34. The lowest BCUT2D eigenvalue weighted by Gasteiger charge is -2.12. The number of nitrogens with zero attached hydrogens (tertiary/aromatic N) is 1. The van der Waals surface area contributed by atoms with Gasteiger partial charge in [-0.2, -0.15) is 0 Å². The van der Waals surface area contributed by atoms with Crippen LogP contribution in [-0.4, -0.2) is 27.6 Å². The van der Waals surface area contributed by atoms with Gasteiger partial charge in [-0.3, -0.25) is 14.5 Å². The van der Waals surface area contributed by atoms with Crippen LogP contribution in [0.3, 0.4) is 0 Å². The number of anilines is 1. The molecule has 0 saturated carbocycles. The van der Waals surface area contributed by atoms with Crippen molar-refractivity contribution < 1.29 is 18.7 Å². The Bertz CT molecular complexity index is 1230. The van der Waals surface area contributed by atoms with Crippen molar-refractivity contribution in [2.75, 3.05) is 11.9 Å². The second-order valence-corrected chi connectivity index (χ2v) is 9.40. The van der Waals surface area contributed by atoms with Crippen LogP contribution in [0.2, 0.25) is 10.0 Å². The van der Waals surface area contributed by atoms with E-state index < -0.39 is 0 Å². The van der Waals surface area contributed by atoms with Crippen molar-refractivity contribution in [3.63, 3.8) is 0 Å². The van der Waals surface area contributed by atoms with Crippen molar-refractivity contribution in [2.45, 2.75) is 6.54 Å². The number of carbonyl (C=O) groups is 2. The average molecular weight is 519 g/mol. The van der Waals surface area contributed by atoms with Crippen molar-refractivity contribution in [3.05, 3.63) is 87.1 Å². The smallest absolute Gasteiger partial charge is 0.266 e. The molecule has 1 aliphatic heterocycles. The third-order valence-electron chi connectivity index (χ3n) is 4.52. The summed E-state index contributed by atoms with van der Waals surface area (Å²) in [4.78, 5) is 26.9. The largest absolute Gasteiger partial charge is 0.484 e. The molecule has 10 heteroatoms. The lowest BCUT2D eigenvalue weighted by molar-refractivity contribution is -0.122. The van der Waals surface area contributed by atoms with Crippen LogP contribution in [0.5, 0.6) is 5.75 Å². The van der Waals surface area contributed by atoms with Gasteiger partial charge in [-0.25, -0.2) is 0 Å². The van der Waals surface area contributed by atoms with E-state index in [1.807, 2.05) is 0 Å². The lowest BCUT2D eigenvalue weighted by Crippen LogP contribution is -2.27. The summed E-state index contributed by atoms with van der Waals surface area (Å²) in [5.41, 5.74) is 1.26. The number of benzene rings is 2. The Kier molecular flexibility index (Phi) is 7.39. The van der Waals surface area contributed by atoms with E-state index in [0.29, 0.717) is 43.0 Å². The maximum atomic E-state index is 12.7. The van der Waals surface area contributed by atoms with Gasteiger partial charge in [-0.15, -0.1) is 0 Å². The summed E-state index contributed by atoms with van der Waals surface area (Å²) in [6.45, 7) is 0.106. The van der Waals surface area contributed by atoms with Crippen LogP contribution >= 0.6 is 47.2 Å². The first-order valence-corrected chi connectivity index (χ1v) is 11.6. The van der Waals surface area contributed by atoms with E-state index in [-0.39, 0.29) is 18.4 Å². The molecule has 1 saturated heterocycles. The minimum Gasteiger partial charge on any atom is -0.484 e. The van der Waals surface area contributed by atoms with Crippen LogP contribution < -0.4 is 10.1 Å². The van der Waals surface area contributed by atoms with Gasteiger partial charge in [0.1, 0.15) is 15.8 Å². The van der Waals surface area contributed by atoms with Gasteiger partial charge < -0.3 is 14.5 Å². The molecular weight excluding hydrogens is 503 g/mol. The lowest BCUT2D eigenvalue weighted by atomic mass is 10.2. The fraction of sp³-hybridized carbons (Fsp3) is 0.0870. The fourth-order valence-corrected chi connectivity index (χ4v) is 4.64. The predicted octanol–water partition coefficient (Wildman–Crippen LogP) is 6.01. The molecule has 0 atom stereocenters. The number of hydrogen-bond donors (Lipinski definition) is 1. The zero-order valence-electron chi connectivity index (χ0n) is 16.9. The summed E-state index contributed by atoms with van der Waals surface area (Å²) in [6.07, 6.45) is 3.32. The summed E-state index contributed by atoms with van der Waals surface area (Å²) >= 11 is 18.5. The number of nitrogens with one attached hydrogen (secondary N) is 1. The average Bonchev–Trinajstić information content (AvgIpc) is 3.39. The molecule has 0 aliphatic carbocycles. The molecule has 0 radical (unpaired) electrons. The first kappa shape index (κ1) is 23.4. The second-order valence-electron chi connectivity index (χ2n) is 6.88. The van der Waals surface area contributed by atoms with Crippen LogP contribution in [0.25, 0.3) is 6.08 Å². The number of furan rings is 1. The molecule has 3 aromatic rings. The van der Waals surface area contributed by atoms with E-state index in [1.165, 1.54) is 16.7 Å². The Morgan fingerprint density at radius 1 is 1.18 bits per heavy atom. The van der Waals surface area contributed by atoms with Crippen molar-refractivity contribution >= 4 is 75.1 Å². The highest BCUT2D eigenvalue weighted by Gasteiger charge is 2.32. The first-order chi connectivity index (χ1) is 15.9. The first-order valence-electron chi connectivity index (χ1n) is 9.64. The maximum Gasteiger partial charge on any atom is 0.266 e. The predicted molar refractivity (Wildman–Crippen MR) is 134 cm³/mol. The van der Waals surface area contributed by atoms with Crippen molar-refractivity contribution in [1.82, 2.24) is 4.90 Å². The number of thiocarbonyl (C=S) groups is 1. The molecule has 1 aliphatic rings. The molecule has 168 valence electrons. The minimum atomic E-state index is -0.358. The summed E-state index contributed by atoms with van der Waals surface area (Å²) in [5.74, 6) is 0.647. The SMILES string of the molecule is O=C(COc1ccc(/C=C2\SC(=S)N(Cc3ccco3)C2=O)cc1)Nc1ccc(Cl)cc1Cl. The van der Waals surface area contributed by atoms with E-state index in [2.05, 4.69) is 5.32 Å². The summed E-state index contributed by atoms with van der Waals surface area (Å²) < 4.78 is 11.3. The zero-order chi connectivity index (χ0) is 23.4. The Morgan fingerprint density at radius 3 is 2.67 bits per heavy atom. The number of thioether (sulfide) groups is 1. The van der Waals surface area contributed by atoms with Crippen molar-refractivity contribution in [3.8, 4) is 5.75 Å². The van der Waals surface area contributed by atoms with E-state index >= 15 is 0 Å². The number of carbonyl (C=O) groups excluding carboxylic acids is 2. The Hall–Kier alpha value is -2.78. The molecule has 6 nitrogen and oxygen atoms in total. The van der Waals surface area contributed by atoms with Gasteiger partial charge in [0.15, 0.2) is 6.61 Å². The molecule has 4 rings (SSSR count). The summed E-state index contributed by atoms with van der Waals surface area (Å²) in [6, 6.07) is 15.4. The van der Waals surface area contributed by atoms with Gasteiger partial charge >= 0.3 is 0 Å². The summed E-state index contributed by atoms with van der Waals surface area (Å²) in [5, 5.41) is 3.49. The molecule has 0 unspecified atom stereocenters. The highest BCUT2D eigenvalue weighted by molar-refractivity contribution is 8.26. The Balaban J connectivity index is 1.33. The number of ether oxygens (including phenoxy) is 1. The molecule has 1 fully saturated rings. The van der Waals surface area contributed by atoms with Crippen molar-refractivity contribution in [1.29, 1.82) is 0 Å². The van der Waals surface area contributed by atoms with Crippen LogP contribution in [-0.2, 0) is 16.1 Å². The maximum absolute atomic E-state index is 12.7. The van der Waals surface area contributed by atoms with Gasteiger partial charge in [0, 0.05) is 5.02 Å². The Labute approximate surface area is 209 Å². The monoisotopic (exact) mass is 518 g/mol. The fourth-order valence-electron chi connectivity index (χ4n) is 2.93. The normalized spacial score (nSPS) is 14.7. The third kappa shape index (κ3) is 5.97. The molecule has 33 heavy (non-hydrogen) atoms. The van der Waals surface area contributed by atoms with E-state index in [1.54, 1.807) is 66.9 Å². The Morgan fingerprint density at radius 2 is 1.97 bits per heavy atom. The number of hydrogen-bond acceptors (Lipinski definition) is 6. The van der Waals surface area contributed by atoms with E-state index in [0.717, 1.165) is 5.56 Å². The number of amides is 2. The van der Waals surface area contributed by atoms with Crippen molar-refractivity contribution in [2.24, 2.45) is 0 Å². The zero-order valence-corrected chi connectivity index (χ0v) is 20.1. The van der Waals surface area contributed by atoms with E-state index in [4.69, 9.17) is 44.6 Å². The standard InChI is InChI=1S/C23H16Cl2N2O4S2/c24-15-5-8-19(18(25)11-15)26-21(28)13-31-16-6-3-14(4-7-16)10-20-22(29)27(23(32)33-20)12-17-2-1-9-30-17/h1-11H,12-13H2,(H,26,28)/b20-10-. The van der Waals surface area contributed by atoms with Gasteiger partial charge in [-0.05, 0) is 54.1 Å². The quantitative estimate of drug-likeness (QED) is 0.305. The molecule has 2 amide bonds. The van der Waals surface area contributed by atoms with Gasteiger partial charge in [0.25, 0.3) is 11.8 Å². The highest BCUT2D eigenvalue weighted by atomic mass is 35.5. The molecular formula is C23H16Cl2N2O4S2. The third-order valence-corrected chi connectivity index (χ3v) is 6.45. The van der Waals surface area contributed by atoms with Gasteiger partial charge in [0.2, 0.25) is 0 Å². The second kappa shape index (κ2) is 10.4. The molecule has 1 N–H and O–H groups in total. The van der Waals surface area contributed by atoms with Crippen LogP contribution in [0.1, 0.15) is 11.3 Å². The molecule has 2 heterocycles. The molecule has 2 aromatic carbocycles. The van der Waals surface area contributed by atoms with Gasteiger partial charge in [-0.1, -0.05) is 59.3 Å². The van der Waals surface area contributed by atoms with E-state index in [9.17, 15) is 9.59 Å². The van der Waals surface area contributed by atoms with Gasteiger partial charge in [0.05, 0.1) is 28.4 Å². The minimum absolute atomic E-state index is 0.167. The molecule has 0 spiro atoms. The topological polar surface area (TPSA) is 71.8 Å². The molecule has 1 aromatic heterocycles. The summed E-state index contributed by atoms with van der Waals surface area (Å²) in [7, 11) is 0. The van der Waals surface area contributed by atoms with Crippen LogP contribution in [0.15, 0.2) is 70.2 Å². The van der Waals surface area contributed by atoms with Crippen LogP contribution in [0, 0.1) is 0 Å². The molecule has 0 bridgehead atoms.